The zero-order chi connectivity index (χ0) is 18.8. The van der Waals surface area contributed by atoms with E-state index < -0.39 is 5.97 Å². The number of rotatable bonds is 4. The third kappa shape index (κ3) is 3.20. The summed E-state index contributed by atoms with van der Waals surface area (Å²) in [5.41, 5.74) is 0.537. The van der Waals surface area contributed by atoms with E-state index in [0.29, 0.717) is 16.7 Å². The molecule has 4 rings (SSSR count). The van der Waals surface area contributed by atoms with Crippen molar-refractivity contribution >= 4 is 16.7 Å². The van der Waals surface area contributed by atoms with Crippen LogP contribution >= 0.6 is 0 Å². The van der Waals surface area contributed by atoms with Crippen LogP contribution in [-0.2, 0) is 18.4 Å². The van der Waals surface area contributed by atoms with Crippen molar-refractivity contribution in [3.8, 4) is 11.5 Å². The molecular formula is C19H14N4O4. The summed E-state index contributed by atoms with van der Waals surface area (Å²) < 4.78 is 11.9. The number of nitrogens with zero attached hydrogens (tertiary/aromatic N) is 4. The summed E-state index contributed by atoms with van der Waals surface area (Å²) >= 11 is 0. The van der Waals surface area contributed by atoms with Crippen molar-refractivity contribution in [3.63, 3.8) is 0 Å². The summed E-state index contributed by atoms with van der Waals surface area (Å²) in [6.45, 7) is -0.197. The molecule has 8 nitrogen and oxygen atoms in total. The molecule has 0 aliphatic rings. The molecule has 0 atom stereocenters. The van der Waals surface area contributed by atoms with E-state index in [1.54, 1.807) is 24.3 Å². The predicted molar refractivity (Wildman–Crippen MR) is 95.8 cm³/mol. The molecule has 8 heteroatoms. The number of ether oxygens (including phenoxy) is 1. The monoisotopic (exact) mass is 362 g/mol. The Kier molecular flexibility index (Phi) is 4.21. The lowest BCUT2D eigenvalue weighted by atomic mass is 10.1. The van der Waals surface area contributed by atoms with E-state index in [-0.39, 0.29) is 23.8 Å². The Hall–Kier alpha value is -3.81. The average molecular weight is 362 g/mol. The van der Waals surface area contributed by atoms with Gasteiger partial charge in [0, 0.05) is 18.0 Å². The summed E-state index contributed by atoms with van der Waals surface area (Å²) in [6.07, 6.45) is 0. The Morgan fingerprint density at radius 2 is 1.74 bits per heavy atom. The van der Waals surface area contributed by atoms with Gasteiger partial charge in [-0.2, -0.15) is 5.10 Å². The highest BCUT2D eigenvalue weighted by Gasteiger charge is 2.18. The van der Waals surface area contributed by atoms with Gasteiger partial charge in [0.1, 0.15) is 0 Å². The summed E-state index contributed by atoms with van der Waals surface area (Å²) in [5.74, 6) is -0.176. The van der Waals surface area contributed by atoms with Gasteiger partial charge in [-0.05, 0) is 18.2 Å². The number of carbonyl (C=O) groups excluding carboxylic acids is 1. The van der Waals surface area contributed by atoms with Gasteiger partial charge in [0.15, 0.2) is 12.3 Å². The molecule has 27 heavy (non-hydrogen) atoms. The van der Waals surface area contributed by atoms with E-state index in [1.807, 2.05) is 30.3 Å². The molecule has 4 aromatic rings. The second kappa shape index (κ2) is 6.83. The highest BCUT2D eigenvalue weighted by molar-refractivity contribution is 6.02. The normalized spacial score (nSPS) is 10.9. The molecule has 0 N–H and O–H groups in total. The van der Waals surface area contributed by atoms with Crippen LogP contribution in [0.5, 0.6) is 0 Å². The van der Waals surface area contributed by atoms with Gasteiger partial charge in [-0.1, -0.05) is 36.4 Å². The van der Waals surface area contributed by atoms with E-state index in [2.05, 4.69) is 15.3 Å². The van der Waals surface area contributed by atoms with E-state index in [1.165, 1.54) is 7.05 Å². The summed E-state index contributed by atoms with van der Waals surface area (Å²) in [5, 5.41) is 12.7. The van der Waals surface area contributed by atoms with Crippen molar-refractivity contribution in [2.45, 2.75) is 6.61 Å². The third-order valence-corrected chi connectivity index (χ3v) is 3.96. The topological polar surface area (TPSA) is 100 Å². The van der Waals surface area contributed by atoms with Crippen molar-refractivity contribution in [2.24, 2.45) is 7.05 Å². The number of aryl methyl sites for hydroxylation is 1. The first kappa shape index (κ1) is 16.6. The lowest BCUT2D eigenvalue weighted by Gasteiger charge is -2.07. The van der Waals surface area contributed by atoms with Crippen LogP contribution in [0.3, 0.4) is 0 Å². The van der Waals surface area contributed by atoms with E-state index in [4.69, 9.17) is 9.15 Å². The van der Waals surface area contributed by atoms with E-state index in [0.717, 1.165) is 10.2 Å². The first-order valence-corrected chi connectivity index (χ1v) is 8.14. The van der Waals surface area contributed by atoms with Crippen LogP contribution in [0.2, 0.25) is 0 Å². The summed E-state index contributed by atoms with van der Waals surface area (Å²) in [7, 11) is 1.48. The highest BCUT2D eigenvalue weighted by Crippen LogP contribution is 2.18. The maximum atomic E-state index is 12.5. The fourth-order valence-electron chi connectivity index (χ4n) is 2.66. The van der Waals surface area contributed by atoms with Crippen LogP contribution in [-0.4, -0.2) is 25.9 Å². The van der Waals surface area contributed by atoms with Gasteiger partial charge >= 0.3 is 5.97 Å². The molecule has 0 aliphatic heterocycles. The molecule has 0 saturated heterocycles. The quantitative estimate of drug-likeness (QED) is 0.514. The van der Waals surface area contributed by atoms with Gasteiger partial charge in [0.25, 0.3) is 11.4 Å². The Bertz CT molecular complexity index is 1180. The Morgan fingerprint density at radius 1 is 1.04 bits per heavy atom. The molecular weight excluding hydrogens is 348 g/mol. The first-order valence-electron chi connectivity index (χ1n) is 8.14. The first-order chi connectivity index (χ1) is 13.1. The molecule has 2 aromatic heterocycles. The smallest absolute Gasteiger partial charge is 0.359 e. The minimum absolute atomic E-state index is 0.0514. The standard InChI is InChI=1S/C19H14N4O4/c1-23-18(24)14-10-6-5-9-13(14)16(22-23)19(25)26-11-15-20-21-17(27-15)12-7-3-2-4-8-12/h2-10H,11H2,1H3. The lowest BCUT2D eigenvalue weighted by molar-refractivity contribution is 0.0431. The Labute approximate surface area is 153 Å². The van der Waals surface area contributed by atoms with Crippen molar-refractivity contribution in [2.75, 3.05) is 0 Å². The number of hydrogen-bond acceptors (Lipinski definition) is 7. The predicted octanol–water partition coefficient (Wildman–Crippen LogP) is 2.34. The van der Waals surface area contributed by atoms with Gasteiger partial charge in [0.05, 0.1) is 5.39 Å². The van der Waals surface area contributed by atoms with Gasteiger partial charge in [-0.15, -0.1) is 10.2 Å². The van der Waals surface area contributed by atoms with Crippen LogP contribution in [0, 0.1) is 0 Å². The number of aromatic nitrogens is 4. The molecule has 134 valence electrons. The molecule has 0 aliphatic carbocycles. The third-order valence-electron chi connectivity index (χ3n) is 3.96. The number of hydrogen-bond donors (Lipinski definition) is 0. The maximum absolute atomic E-state index is 12.5. The van der Waals surface area contributed by atoms with Crippen LogP contribution in [0.15, 0.2) is 63.8 Å². The fraction of sp³-hybridized carbons (Fsp3) is 0.105. The van der Waals surface area contributed by atoms with Gasteiger partial charge in [-0.3, -0.25) is 4.79 Å². The maximum Gasteiger partial charge on any atom is 0.359 e. The second-order valence-electron chi connectivity index (χ2n) is 5.77. The summed E-state index contributed by atoms with van der Waals surface area (Å²) in [6, 6.07) is 16.0. The van der Waals surface area contributed by atoms with Crippen LogP contribution in [0.25, 0.3) is 22.2 Å². The zero-order valence-corrected chi connectivity index (χ0v) is 14.3. The van der Waals surface area contributed by atoms with Crippen LogP contribution in [0.4, 0.5) is 0 Å². The van der Waals surface area contributed by atoms with Crippen molar-refractivity contribution in [3.05, 3.63) is 76.5 Å². The highest BCUT2D eigenvalue weighted by atomic mass is 16.5. The molecule has 0 saturated carbocycles. The van der Waals surface area contributed by atoms with Crippen molar-refractivity contribution in [1.82, 2.24) is 20.0 Å². The average Bonchev–Trinajstić information content (AvgIpc) is 3.19. The molecule has 0 fully saturated rings. The second-order valence-corrected chi connectivity index (χ2v) is 5.77. The largest absolute Gasteiger partial charge is 0.451 e. The van der Waals surface area contributed by atoms with Gasteiger partial charge in [0.2, 0.25) is 5.89 Å². The van der Waals surface area contributed by atoms with Crippen molar-refractivity contribution in [1.29, 1.82) is 0 Å². The van der Waals surface area contributed by atoms with Crippen LogP contribution in [0.1, 0.15) is 16.4 Å². The lowest BCUT2D eigenvalue weighted by Crippen LogP contribution is -2.23. The van der Waals surface area contributed by atoms with Crippen molar-refractivity contribution < 1.29 is 13.9 Å². The number of esters is 1. The number of benzene rings is 2. The van der Waals surface area contributed by atoms with E-state index in [9.17, 15) is 9.59 Å². The molecule has 2 aromatic carbocycles. The van der Waals surface area contributed by atoms with Crippen LogP contribution < -0.4 is 5.56 Å². The van der Waals surface area contributed by atoms with E-state index >= 15 is 0 Å². The summed E-state index contributed by atoms with van der Waals surface area (Å²) in [4.78, 5) is 24.6. The molecule has 0 spiro atoms. The molecule has 0 radical (unpaired) electrons. The Balaban J connectivity index is 1.56. The fourth-order valence-corrected chi connectivity index (χ4v) is 2.66. The zero-order valence-electron chi connectivity index (χ0n) is 14.3. The Morgan fingerprint density at radius 3 is 2.52 bits per heavy atom. The van der Waals surface area contributed by atoms with Gasteiger partial charge in [-0.25, -0.2) is 9.48 Å². The SMILES string of the molecule is Cn1nc(C(=O)OCc2nnc(-c3ccccc3)o2)c2ccccc2c1=O. The number of carbonyl (C=O) groups is 1. The molecule has 0 unspecified atom stereocenters. The minimum atomic E-state index is -0.679. The molecule has 0 bridgehead atoms. The molecule has 0 amide bonds. The molecule has 2 heterocycles. The van der Waals surface area contributed by atoms with Gasteiger partial charge < -0.3 is 9.15 Å². The number of fused-ring (bicyclic) bond motifs is 1. The minimum Gasteiger partial charge on any atom is -0.451 e.